The van der Waals surface area contributed by atoms with Crippen molar-refractivity contribution in [3.05, 3.63) is 47.0 Å². The highest BCUT2D eigenvalue weighted by Gasteiger charge is 2.30. The fraction of sp³-hybridized carbons (Fsp3) is 0.500. The number of halogens is 5. The van der Waals surface area contributed by atoms with Gasteiger partial charge in [0.25, 0.3) is 5.91 Å². The second-order valence-corrected chi connectivity index (χ2v) is 8.93. The minimum Gasteiger partial charge on any atom is -0.352 e. The van der Waals surface area contributed by atoms with Crippen LogP contribution >= 0.6 is 0 Å². The van der Waals surface area contributed by atoms with Gasteiger partial charge in [-0.1, -0.05) is 12.5 Å². The van der Waals surface area contributed by atoms with Gasteiger partial charge in [0, 0.05) is 31.5 Å². The Bertz CT molecular complexity index is 1200. The van der Waals surface area contributed by atoms with E-state index < -0.39 is 30.8 Å². The molecule has 1 saturated carbocycles. The number of imidazole rings is 1. The molecule has 0 spiro atoms. The number of benzene rings is 1. The van der Waals surface area contributed by atoms with Crippen molar-refractivity contribution in [3.63, 3.8) is 0 Å². The molecule has 0 atom stereocenters. The van der Waals surface area contributed by atoms with Gasteiger partial charge in [0.15, 0.2) is 0 Å². The number of hydrogen-bond acceptors (Lipinski definition) is 4. The van der Waals surface area contributed by atoms with E-state index in [1.54, 1.807) is 25.1 Å². The molecule has 0 radical (unpaired) electrons. The molecule has 202 valence electrons. The number of carbonyl (C=O) groups is 2. The summed E-state index contributed by atoms with van der Waals surface area (Å²) < 4.78 is 60.8. The van der Waals surface area contributed by atoms with E-state index in [0.717, 1.165) is 6.42 Å². The summed E-state index contributed by atoms with van der Waals surface area (Å²) in [6.45, 7) is 2.03. The summed E-state index contributed by atoms with van der Waals surface area (Å²) in [6.07, 6.45) is -2.00. The van der Waals surface area contributed by atoms with E-state index in [1.165, 1.54) is 6.20 Å². The highest BCUT2D eigenvalue weighted by atomic mass is 19.4. The first-order valence-electron chi connectivity index (χ1n) is 11.9. The maximum atomic E-state index is 12.2. The standard InChI is InChI=1S/C18H19F3N6O2.C6H10F2/c1-10-12(8-24-27-10)17(29)23-9-15-25-13-3-2-11(6-14(13)26-15)7-22-16(28)4-5-18(19,20)21;7-6(8)4-2-1-3-5-6/h2-3,6,8H,4-5,7,9H2,1H3,(H,22,28)(H,23,29)(H,24,27)(H,25,26);1-5H2. The number of aromatic amines is 2. The van der Waals surface area contributed by atoms with Gasteiger partial charge in [0.2, 0.25) is 11.8 Å². The second kappa shape index (κ2) is 12.2. The number of hydrogen-bond donors (Lipinski definition) is 4. The molecule has 1 fully saturated rings. The Kier molecular flexibility index (Phi) is 9.22. The van der Waals surface area contributed by atoms with Crippen molar-refractivity contribution >= 4 is 22.8 Å². The van der Waals surface area contributed by atoms with Crippen LogP contribution in [0.3, 0.4) is 0 Å². The maximum absolute atomic E-state index is 12.2. The van der Waals surface area contributed by atoms with E-state index in [0.29, 0.717) is 46.5 Å². The Morgan fingerprint density at radius 2 is 1.81 bits per heavy atom. The van der Waals surface area contributed by atoms with E-state index in [9.17, 15) is 31.5 Å². The quantitative estimate of drug-likeness (QED) is 0.321. The highest BCUT2D eigenvalue weighted by molar-refractivity contribution is 5.94. The van der Waals surface area contributed by atoms with Crippen LogP contribution in [0.5, 0.6) is 0 Å². The van der Waals surface area contributed by atoms with Crippen LogP contribution < -0.4 is 10.6 Å². The highest BCUT2D eigenvalue weighted by Crippen LogP contribution is 2.32. The van der Waals surface area contributed by atoms with E-state index in [-0.39, 0.29) is 31.8 Å². The molecule has 1 aliphatic rings. The molecule has 0 unspecified atom stereocenters. The molecular formula is C24H29F5N6O2. The predicted molar refractivity (Wildman–Crippen MR) is 126 cm³/mol. The number of aromatic nitrogens is 4. The molecule has 0 saturated heterocycles. The number of fused-ring (bicyclic) bond motifs is 1. The molecule has 1 aromatic carbocycles. The summed E-state index contributed by atoms with van der Waals surface area (Å²) in [4.78, 5) is 31.1. The lowest BCUT2D eigenvalue weighted by molar-refractivity contribution is -0.144. The zero-order chi connectivity index (χ0) is 27.1. The van der Waals surface area contributed by atoms with Crippen molar-refractivity contribution in [3.8, 4) is 0 Å². The number of H-pyrrole nitrogens is 2. The van der Waals surface area contributed by atoms with Crippen LogP contribution in [0.1, 0.15) is 72.4 Å². The lowest BCUT2D eigenvalue weighted by atomic mass is 9.97. The van der Waals surface area contributed by atoms with Crippen molar-refractivity contribution < 1.29 is 31.5 Å². The SMILES string of the molecule is Cc1[nH]ncc1C(=O)NCc1nc2ccc(CNC(=O)CCC(F)(F)F)cc2[nH]1.FC1(F)CCCCC1. The van der Waals surface area contributed by atoms with E-state index in [2.05, 4.69) is 30.8 Å². The van der Waals surface area contributed by atoms with Crippen LogP contribution in [-0.2, 0) is 17.9 Å². The summed E-state index contributed by atoms with van der Waals surface area (Å²) in [5.41, 5.74) is 3.18. The Balaban J connectivity index is 0.000000405. The minimum absolute atomic E-state index is 0.109. The van der Waals surface area contributed by atoms with Gasteiger partial charge in [-0.2, -0.15) is 18.3 Å². The van der Waals surface area contributed by atoms with Gasteiger partial charge in [0.1, 0.15) is 5.82 Å². The summed E-state index contributed by atoms with van der Waals surface area (Å²) in [5, 5.41) is 11.7. The smallest absolute Gasteiger partial charge is 0.352 e. The van der Waals surface area contributed by atoms with Gasteiger partial charge in [-0.15, -0.1) is 0 Å². The Morgan fingerprint density at radius 3 is 2.41 bits per heavy atom. The number of nitrogens with zero attached hydrogens (tertiary/aromatic N) is 2. The van der Waals surface area contributed by atoms with Gasteiger partial charge in [-0.3, -0.25) is 14.7 Å². The first-order chi connectivity index (χ1) is 17.4. The van der Waals surface area contributed by atoms with Crippen LogP contribution in [0, 0.1) is 6.92 Å². The minimum atomic E-state index is -4.35. The Labute approximate surface area is 209 Å². The average molecular weight is 529 g/mol. The van der Waals surface area contributed by atoms with Crippen LogP contribution in [0.2, 0.25) is 0 Å². The fourth-order valence-electron chi connectivity index (χ4n) is 3.76. The fourth-order valence-corrected chi connectivity index (χ4v) is 3.76. The van der Waals surface area contributed by atoms with Crippen molar-refractivity contribution in [2.24, 2.45) is 0 Å². The first-order valence-corrected chi connectivity index (χ1v) is 11.9. The molecule has 8 nitrogen and oxygen atoms in total. The molecular weight excluding hydrogens is 499 g/mol. The average Bonchev–Trinajstić information content (AvgIpc) is 3.45. The third-order valence-corrected chi connectivity index (χ3v) is 5.80. The molecule has 3 aromatic rings. The molecule has 2 heterocycles. The van der Waals surface area contributed by atoms with Gasteiger partial charge in [-0.25, -0.2) is 13.8 Å². The molecule has 13 heteroatoms. The molecule has 37 heavy (non-hydrogen) atoms. The number of carbonyl (C=O) groups excluding carboxylic acids is 2. The lowest BCUT2D eigenvalue weighted by Gasteiger charge is -2.20. The molecule has 0 bridgehead atoms. The van der Waals surface area contributed by atoms with Gasteiger partial charge < -0.3 is 15.6 Å². The second-order valence-electron chi connectivity index (χ2n) is 8.93. The number of nitrogens with one attached hydrogen (secondary N) is 4. The molecule has 4 N–H and O–H groups in total. The van der Waals surface area contributed by atoms with Crippen LogP contribution in [0.4, 0.5) is 22.0 Å². The van der Waals surface area contributed by atoms with Gasteiger partial charge in [-0.05, 0) is 37.5 Å². The van der Waals surface area contributed by atoms with Crippen molar-refractivity contribution in [2.45, 2.75) is 77.1 Å². The molecule has 4 rings (SSSR count). The van der Waals surface area contributed by atoms with Crippen molar-refractivity contribution in [1.82, 2.24) is 30.8 Å². The number of rotatable bonds is 7. The molecule has 1 aliphatic carbocycles. The van der Waals surface area contributed by atoms with E-state index in [4.69, 9.17) is 0 Å². The number of aryl methyl sites for hydroxylation is 1. The molecule has 2 aromatic heterocycles. The first kappa shape index (κ1) is 28.1. The maximum Gasteiger partial charge on any atom is 0.389 e. The topological polar surface area (TPSA) is 116 Å². The van der Waals surface area contributed by atoms with Crippen molar-refractivity contribution in [2.75, 3.05) is 0 Å². The lowest BCUT2D eigenvalue weighted by Crippen LogP contribution is -2.24. The summed E-state index contributed by atoms with van der Waals surface area (Å²) in [6, 6.07) is 5.21. The summed E-state index contributed by atoms with van der Waals surface area (Å²) in [7, 11) is 0. The van der Waals surface area contributed by atoms with Gasteiger partial charge in [0.05, 0.1) is 35.8 Å². The molecule has 2 amide bonds. The number of amides is 2. The van der Waals surface area contributed by atoms with Gasteiger partial charge >= 0.3 is 6.18 Å². The van der Waals surface area contributed by atoms with Crippen LogP contribution in [-0.4, -0.2) is 44.1 Å². The summed E-state index contributed by atoms with van der Waals surface area (Å²) in [5.74, 6) is -2.72. The number of alkyl halides is 5. The van der Waals surface area contributed by atoms with Crippen LogP contribution in [0.15, 0.2) is 24.4 Å². The van der Waals surface area contributed by atoms with Crippen molar-refractivity contribution in [1.29, 1.82) is 0 Å². The Morgan fingerprint density at radius 1 is 1.08 bits per heavy atom. The summed E-state index contributed by atoms with van der Waals surface area (Å²) >= 11 is 0. The molecule has 0 aliphatic heterocycles. The Hall–Kier alpha value is -3.51. The largest absolute Gasteiger partial charge is 0.389 e. The van der Waals surface area contributed by atoms with E-state index in [1.807, 2.05) is 0 Å². The third-order valence-electron chi connectivity index (χ3n) is 5.80. The zero-order valence-corrected chi connectivity index (χ0v) is 20.3. The van der Waals surface area contributed by atoms with E-state index >= 15 is 0 Å². The zero-order valence-electron chi connectivity index (χ0n) is 20.3. The normalized spacial score (nSPS) is 15.1. The third kappa shape index (κ3) is 9.14. The monoisotopic (exact) mass is 528 g/mol. The predicted octanol–water partition coefficient (Wildman–Crippen LogP) is 5.07. The van der Waals surface area contributed by atoms with Crippen LogP contribution in [0.25, 0.3) is 11.0 Å².